The van der Waals surface area contributed by atoms with Crippen molar-refractivity contribution >= 4 is 5.91 Å². The molecule has 1 amide bonds. The van der Waals surface area contributed by atoms with Gasteiger partial charge in [0.1, 0.15) is 0 Å². The molecule has 0 radical (unpaired) electrons. The summed E-state index contributed by atoms with van der Waals surface area (Å²) in [5.74, 6) is -2.29. The summed E-state index contributed by atoms with van der Waals surface area (Å²) in [5, 5.41) is 8.58. The molecule has 0 aromatic heterocycles. The second kappa shape index (κ2) is 5.76. The Morgan fingerprint density at radius 2 is 1.89 bits per heavy atom. The van der Waals surface area contributed by atoms with E-state index in [0.29, 0.717) is 32.7 Å². The molecule has 0 N–H and O–H groups in total. The zero-order chi connectivity index (χ0) is 13.8. The van der Waals surface area contributed by atoms with Crippen LogP contribution in [0.3, 0.4) is 0 Å². The Kier molecular flexibility index (Phi) is 4.07. The second-order valence-electron chi connectivity index (χ2n) is 4.36. The van der Waals surface area contributed by atoms with E-state index in [2.05, 4.69) is 6.07 Å². The summed E-state index contributed by atoms with van der Waals surface area (Å²) in [6.45, 7) is 2.54. The fourth-order valence-electron chi connectivity index (χ4n) is 2.02. The van der Waals surface area contributed by atoms with Gasteiger partial charge in [-0.3, -0.25) is 9.69 Å². The van der Waals surface area contributed by atoms with Gasteiger partial charge in [-0.05, 0) is 18.2 Å². The van der Waals surface area contributed by atoms with E-state index in [4.69, 9.17) is 5.26 Å². The van der Waals surface area contributed by atoms with Crippen molar-refractivity contribution in [3.05, 3.63) is 35.4 Å². The monoisotopic (exact) mass is 265 g/mol. The second-order valence-corrected chi connectivity index (χ2v) is 4.36. The molecule has 0 saturated carbocycles. The van der Waals surface area contributed by atoms with E-state index in [-0.39, 0.29) is 11.5 Å². The average Bonchev–Trinajstić information content (AvgIpc) is 2.42. The molecular weight excluding hydrogens is 252 g/mol. The summed E-state index contributed by atoms with van der Waals surface area (Å²) < 4.78 is 25.9. The normalized spacial score (nSPS) is 16.2. The first-order valence-corrected chi connectivity index (χ1v) is 5.95. The Bertz CT molecular complexity index is 519. The first-order chi connectivity index (χ1) is 9.11. The van der Waals surface area contributed by atoms with E-state index >= 15 is 0 Å². The number of carbonyl (C=O) groups excluding carboxylic acids is 1. The number of carbonyl (C=O) groups is 1. The van der Waals surface area contributed by atoms with Crippen molar-refractivity contribution in [1.29, 1.82) is 5.26 Å². The number of piperazine rings is 1. The minimum Gasteiger partial charge on any atom is -0.336 e. The van der Waals surface area contributed by atoms with Crippen LogP contribution >= 0.6 is 0 Å². The molecule has 0 atom stereocenters. The highest BCUT2D eigenvalue weighted by molar-refractivity contribution is 5.94. The number of halogens is 2. The predicted molar refractivity (Wildman–Crippen MR) is 64.3 cm³/mol. The van der Waals surface area contributed by atoms with Gasteiger partial charge in [0.05, 0.1) is 12.6 Å². The minimum absolute atomic E-state index is 0.146. The van der Waals surface area contributed by atoms with Crippen molar-refractivity contribution in [1.82, 2.24) is 9.80 Å². The molecular formula is C13H13F2N3O. The minimum atomic E-state index is -1.02. The molecule has 1 heterocycles. The summed E-state index contributed by atoms with van der Waals surface area (Å²) in [6, 6.07) is 5.21. The van der Waals surface area contributed by atoms with Crippen LogP contribution in [0.25, 0.3) is 0 Å². The van der Waals surface area contributed by atoms with Gasteiger partial charge in [-0.15, -0.1) is 0 Å². The zero-order valence-corrected chi connectivity index (χ0v) is 10.3. The summed E-state index contributed by atoms with van der Waals surface area (Å²) in [5.41, 5.74) is 0.146. The van der Waals surface area contributed by atoms with Gasteiger partial charge in [0.15, 0.2) is 11.6 Å². The number of hydrogen-bond acceptors (Lipinski definition) is 3. The Morgan fingerprint density at radius 3 is 2.47 bits per heavy atom. The molecule has 4 nitrogen and oxygen atoms in total. The molecule has 2 rings (SSSR count). The lowest BCUT2D eigenvalue weighted by Crippen LogP contribution is -2.48. The van der Waals surface area contributed by atoms with Crippen LogP contribution < -0.4 is 0 Å². The Balaban J connectivity index is 2.01. The Morgan fingerprint density at radius 1 is 1.21 bits per heavy atom. The molecule has 1 aromatic rings. The van der Waals surface area contributed by atoms with Crippen LogP contribution in [0.5, 0.6) is 0 Å². The van der Waals surface area contributed by atoms with Crippen LogP contribution in [0.15, 0.2) is 18.2 Å². The van der Waals surface area contributed by atoms with E-state index in [0.717, 1.165) is 12.1 Å². The van der Waals surface area contributed by atoms with Crippen molar-refractivity contribution in [2.75, 3.05) is 32.7 Å². The smallest absolute Gasteiger partial charge is 0.254 e. The van der Waals surface area contributed by atoms with Crippen molar-refractivity contribution < 1.29 is 13.6 Å². The zero-order valence-electron chi connectivity index (χ0n) is 10.3. The number of hydrogen-bond donors (Lipinski definition) is 0. The molecule has 19 heavy (non-hydrogen) atoms. The fraction of sp³-hybridized carbons (Fsp3) is 0.385. The molecule has 1 fully saturated rings. The molecule has 0 bridgehead atoms. The Labute approximate surface area is 109 Å². The largest absolute Gasteiger partial charge is 0.336 e. The van der Waals surface area contributed by atoms with Crippen molar-refractivity contribution in [3.63, 3.8) is 0 Å². The highest BCUT2D eigenvalue weighted by Crippen LogP contribution is 2.12. The van der Waals surface area contributed by atoms with E-state index in [1.807, 2.05) is 4.90 Å². The Hall–Kier alpha value is -2.00. The number of benzene rings is 1. The van der Waals surface area contributed by atoms with Crippen LogP contribution in [-0.2, 0) is 0 Å². The molecule has 0 spiro atoms. The number of rotatable bonds is 2. The van der Waals surface area contributed by atoms with Crippen LogP contribution in [0.4, 0.5) is 8.78 Å². The highest BCUT2D eigenvalue weighted by atomic mass is 19.2. The molecule has 100 valence electrons. The maximum atomic E-state index is 13.1. The van der Waals surface area contributed by atoms with Crippen molar-refractivity contribution in [2.45, 2.75) is 0 Å². The average molecular weight is 265 g/mol. The lowest BCUT2D eigenvalue weighted by Gasteiger charge is -2.33. The van der Waals surface area contributed by atoms with Crippen LogP contribution in [-0.4, -0.2) is 48.4 Å². The molecule has 1 aliphatic rings. The molecule has 0 unspecified atom stereocenters. The molecule has 1 aliphatic heterocycles. The summed E-state index contributed by atoms with van der Waals surface area (Å²) in [6.07, 6.45) is 0. The molecule has 1 saturated heterocycles. The summed E-state index contributed by atoms with van der Waals surface area (Å²) in [7, 11) is 0. The molecule has 0 aliphatic carbocycles. The van der Waals surface area contributed by atoms with Gasteiger partial charge in [0, 0.05) is 31.7 Å². The first-order valence-electron chi connectivity index (χ1n) is 5.95. The standard InChI is InChI=1S/C13H13F2N3O/c14-11-2-1-10(9-12(11)15)13(19)18-7-5-17(4-3-16)6-8-18/h1-2,9H,4-8H2. The van der Waals surface area contributed by atoms with Crippen LogP contribution in [0.1, 0.15) is 10.4 Å². The van der Waals surface area contributed by atoms with E-state index in [9.17, 15) is 13.6 Å². The van der Waals surface area contributed by atoms with Gasteiger partial charge in [0.25, 0.3) is 5.91 Å². The van der Waals surface area contributed by atoms with Gasteiger partial charge in [-0.2, -0.15) is 5.26 Å². The maximum Gasteiger partial charge on any atom is 0.254 e. The van der Waals surface area contributed by atoms with Gasteiger partial charge in [-0.25, -0.2) is 8.78 Å². The first kappa shape index (κ1) is 13.4. The summed E-state index contributed by atoms with van der Waals surface area (Å²) >= 11 is 0. The molecule has 6 heteroatoms. The number of nitrogens with zero attached hydrogens (tertiary/aromatic N) is 3. The third kappa shape index (κ3) is 3.06. The predicted octanol–water partition coefficient (Wildman–Crippen LogP) is 1.25. The van der Waals surface area contributed by atoms with E-state index < -0.39 is 11.6 Å². The van der Waals surface area contributed by atoms with E-state index in [1.54, 1.807) is 4.90 Å². The topological polar surface area (TPSA) is 47.3 Å². The van der Waals surface area contributed by atoms with Gasteiger partial charge >= 0.3 is 0 Å². The maximum absolute atomic E-state index is 13.1. The number of nitriles is 1. The lowest BCUT2D eigenvalue weighted by atomic mass is 10.1. The third-order valence-corrected chi connectivity index (χ3v) is 3.12. The molecule has 1 aromatic carbocycles. The third-order valence-electron chi connectivity index (χ3n) is 3.12. The van der Waals surface area contributed by atoms with Gasteiger partial charge in [-0.1, -0.05) is 0 Å². The quantitative estimate of drug-likeness (QED) is 0.756. The summed E-state index contributed by atoms with van der Waals surface area (Å²) in [4.78, 5) is 15.6. The van der Waals surface area contributed by atoms with E-state index in [1.165, 1.54) is 6.07 Å². The lowest BCUT2D eigenvalue weighted by molar-refractivity contribution is 0.0651. The highest BCUT2D eigenvalue weighted by Gasteiger charge is 2.22. The van der Waals surface area contributed by atoms with Crippen molar-refractivity contribution in [2.24, 2.45) is 0 Å². The van der Waals surface area contributed by atoms with Gasteiger partial charge < -0.3 is 4.90 Å². The van der Waals surface area contributed by atoms with Crippen LogP contribution in [0, 0.1) is 23.0 Å². The number of amides is 1. The van der Waals surface area contributed by atoms with Gasteiger partial charge in [0.2, 0.25) is 0 Å². The fourth-order valence-corrected chi connectivity index (χ4v) is 2.02. The SMILES string of the molecule is N#CCN1CCN(C(=O)c2ccc(F)c(F)c2)CC1. The van der Waals surface area contributed by atoms with Crippen molar-refractivity contribution in [3.8, 4) is 6.07 Å². The van der Waals surface area contributed by atoms with Crippen LogP contribution in [0.2, 0.25) is 0 Å².